The number of esters is 1. The van der Waals surface area contributed by atoms with E-state index >= 15 is 0 Å². The van der Waals surface area contributed by atoms with Crippen molar-refractivity contribution < 1.29 is 28.6 Å². The van der Waals surface area contributed by atoms with Crippen LogP contribution in [0.3, 0.4) is 0 Å². The molecule has 1 heterocycles. The van der Waals surface area contributed by atoms with Crippen LogP contribution in [0.2, 0.25) is 0 Å². The highest BCUT2D eigenvalue weighted by Gasteiger charge is 2.36. The van der Waals surface area contributed by atoms with Gasteiger partial charge >= 0.3 is 5.97 Å². The molecule has 0 N–H and O–H groups in total. The number of ether oxygens (including phenoxy) is 3. The molecule has 192 valence electrons. The van der Waals surface area contributed by atoms with Crippen LogP contribution in [0.1, 0.15) is 43.1 Å². The van der Waals surface area contributed by atoms with E-state index in [0.717, 1.165) is 5.75 Å². The number of rotatable bonds is 8. The van der Waals surface area contributed by atoms with E-state index < -0.39 is 11.9 Å². The van der Waals surface area contributed by atoms with Crippen molar-refractivity contribution in [2.45, 2.75) is 32.6 Å². The van der Waals surface area contributed by atoms with Crippen LogP contribution in [-0.4, -0.2) is 37.9 Å². The molecule has 0 bridgehead atoms. The quantitative estimate of drug-likeness (QED) is 0.297. The number of amides is 1. The first kappa shape index (κ1) is 25.9. The number of benzene rings is 3. The minimum absolute atomic E-state index is 0.0323. The normalized spacial score (nSPS) is 15.4. The van der Waals surface area contributed by atoms with Crippen molar-refractivity contribution in [1.82, 2.24) is 0 Å². The van der Waals surface area contributed by atoms with Gasteiger partial charge in [-0.3, -0.25) is 14.4 Å². The molecule has 1 atom stereocenters. The van der Waals surface area contributed by atoms with Crippen molar-refractivity contribution in [3.05, 3.63) is 83.9 Å². The molecular weight excluding hydrogens is 470 g/mol. The van der Waals surface area contributed by atoms with Gasteiger partial charge in [0.15, 0.2) is 12.4 Å². The van der Waals surface area contributed by atoms with Gasteiger partial charge in [-0.2, -0.15) is 0 Å². The Balaban J connectivity index is 1.32. The number of carbonyl (C=O) groups is 3. The summed E-state index contributed by atoms with van der Waals surface area (Å²) in [6, 6.07) is 21.8. The Hall–Kier alpha value is -4.13. The monoisotopic (exact) mass is 501 g/mol. The first-order valence-electron chi connectivity index (χ1n) is 12.2. The van der Waals surface area contributed by atoms with Gasteiger partial charge in [-0.1, -0.05) is 45.0 Å². The van der Waals surface area contributed by atoms with E-state index in [9.17, 15) is 14.4 Å². The summed E-state index contributed by atoms with van der Waals surface area (Å²) in [6.07, 6.45) is 0.0323. The third-order valence-electron chi connectivity index (χ3n) is 6.30. The van der Waals surface area contributed by atoms with E-state index in [0.29, 0.717) is 22.7 Å². The largest absolute Gasteiger partial charge is 0.497 e. The van der Waals surface area contributed by atoms with Crippen molar-refractivity contribution in [3.63, 3.8) is 0 Å². The van der Waals surface area contributed by atoms with Crippen LogP contribution in [0.5, 0.6) is 17.2 Å². The molecule has 7 heteroatoms. The number of carbonyl (C=O) groups excluding carboxylic acids is 3. The predicted molar refractivity (Wildman–Crippen MR) is 140 cm³/mol. The molecule has 0 aliphatic carbocycles. The van der Waals surface area contributed by atoms with Gasteiger partial charge in [0.1, 0.15) is 17.2 Å². The van der Waals surface area contributed by atoms with E-state index in [4.69, 9.17) is 14.2 Å². The summed E-state index contributed by atoms with van der Waals surface area (Å²) in [5.41, 5.74) is 2.35. The molecule has 1 aliphatic heterocycles. The molecular formula is C30H31NO6. The third-order valence-corrected chi connectivity index (χ3v) is 6.30. The van der Waals surface area contributed by atoms with Crippen LogP contribution >= 0.6 is 0 Å². The van der Waals surface area contributed by atoms with E-state index in [1.807, 2.05) is 12.1 Å². The molecule has 37 heavy (non-hydrogen) atoms. The lowest BCUT2D eigenvalue weighted by Gasteiger charge is -2.19. The topological polar surface area (TPSA) is 82.1 Å². The number of ketones is 1. The standard InChI is InChI=1S/C30H31NO6/c1-30(2,3)22-8-12-24(13-9-22)37-25-14-10-23(11-15-25)31-18-21(17-28(31)33)29(34)36-19-27(32)20-6-5-7-26(16-20)35-4/h5-16,21H,17-19H2,1-4H3/t21-/m1/s1. The number of Topliss-reactive ketones (excluding diaryl/α,β-unsaturated/α-hetero) is 1. The Morgan fingerprint density at radius 3 is 2.19 bits per heavy atom. The van der Waals surface area contributed by atoms with E-state index in [2.05, 4.69) is 32.9 Å². The van der Waals surface area contributed by atoms with Gasteiger partial charge in [-0.05, 0) is 59.5 Å². The van der Waals surface area contributed by atoms with Gasteiger partial charge in [-0.25, -0.2) is 0 Å². The molecule has 3 aromatic carbocycles. The van der Waals surface area contributed by atoms with Gasteiger partial charge in [0.25, 0.3) is 0 Å². The lowest BCUT2D eigenvalue weighted by atomic mass is 9.87. The van der Waals surface area contributed by atoms with E-state index in [1.165, 1.54) is 12.7 Å². The summed E-state index contributed by atoms with van der Waals surface area (Å²) in [5.74, 6) is 0.206. The fourth-order valence-electron chi connectivity index (χ4n) is 4.10. The number of anilines is 1. The zero-order valence-electron chi connectivity index (χ0n) is 21.5. The lowest BCUT2D eigenvalue weighted by Crippen LogP contribution is -2.27. The fraction of sp³-hybridized carbons (Fsp3) is 0.300. The van der Waals surface area contributed by atoms with Crippen LogP contribution in [0.15, 0.2) is 72.8 Å². The van der Waals surface area contributed by atoms with E-state index in [1.54, 1.807) is 53.4 Å². The Morgan fingerprint density at radius 1 is 0.919 bits per heavy atom. The number of methoxy groups -OCH3 is 1. The van der Waals surface area contributed by atoms with Crippen molar-refractivity contribution in [2.75, 3.05) is 25.2 Å². The number of hydrogen-bond donors (Lipinski definition) is 0. The van der Waals surface area contributed by atoms with Crippen molar-refractivity contribution in [2.24, 2.45) is 5.92 Å². The highest BCUT2D eigenvalue weighted by molar-refractivity contribution is 6.01. The Bertz CT molecular complexity index is 1270. The lowest BCUT2D eigenvalue weighted by molar-refractivity contribution is -0.147. The summed E-state index contributed by atoms with van der Waals surface area (Å²) < 4.78 is 16.3. The minimum atomic E-state index is -0.636. The van der Waals surface area contributed by atoms with Crippen molar-refractivity contribution >= 4 is 23.3 Å². The zero-order valence-corrected chi connectivity index (χ0v) is 21.5. The fourth-order valence-corrected chi connectivity index (χ4v) is 4.10. The molecule has 3 aromatic rings. The maximum Gasteiger partial charge on any atom is 0.311 e. The highest BCUT2D eigenvalue weighted by atomic mass is 16.5. The molecule has 1 saturated heterocycles. The molecule has 1 fully saturated rings. The van der Waals surface area contributed by atoms with Gasteiger partial charge in [-0.15, -0.1) is 0 Å². The highest BCUT2D eigenvalue weighted by Crippen LogP contribution is 2.30. The Morgan fingerprint density at radius 2 is 1.57 bits per heavy atom. The van der Waals surface area contributed by atoms with Gasteiger partial charge < -0.3 is 19.1 Å². The predicted octanol–water partition coefficient (Wildman–Crippen LogP) is 5.56. The third kappa shape index (κ3) is 6.36. The summed E-state index contributed by atoms with van der Waals surface area (Å²) in [4.78, 5) is 39.1. The van der Waals surface area contributed by atoms with Crippen LogP contribution in [0, 0.1) is 5.92 Å². The number of nitrogens with zero attached hydrogens (tertiary/aromatic N) is 1. The molecule has 0 unspecified atom stereocenters. The van der Waals surface area contributed by atoms with Crippen LogP contribution < -0.4 is 14.4 Å². The first-order valence-corrected chi connectivity index (χ1v) is 12.2. The maximum absolute atomic E-state index is 12.6. The first-order chi connectivity index (χ1) is 17.6. The maximum atomic E-state index is 12.6. The van der Waals surface area contributed by atoms with Crippen molar-refractivity contribution in [3.8, 4) is 17.2 Å². The molecule has 4 rings (SSSR count). The average molecular weight is 502 g/mol. The van der Waals surface area contributed by atoms with Crippen LogP contribution in [0.4, 0.5) is 5.69 Å². The molecule has 0 spiro atoms. The second-order valence-electron chi connectivity index (χ2n) is 10.0. The number of hydrogen-bond acceptors (Lipinski definition) is 6. The second-order valence-corrected chi connectivity index (χ2v) is 10.0. The molecule has 1 amide bonds. The van der Waals surface area contributed by atoms with E-state index in [-0.39, 0.29) is 36.7 Å². The SMILES string of the molecule is COc1cccc(C(=O)COC(=O)[C@@H]2CC(=O)N(c3ccc(Oc4ccc(C(C)(C)C)cc4)cc3)C2)c1. The summed E-state index contributed by atoms with van der Waals surface area (Å²) in [5, 5.41) is 0. The summed E-state index contributed by atoms with van der Waals surface area (Å²) >= 11 is 0. The average Bonchev–Trinajstić information content (AvgIpc) is 3.29. The second kappa shape index (κ2) is 10.9. The Kier molecular flexibility index (Phi) is 7.62. The zero-order chi connectivity index (χ0) is 26.6. The van der Waals surface area contributed by atoms with Gasteiger partial charge in [0.05, 0.1) is 13.0 Å². The molecule has 0 saturated carbocycles. The summed E-state index contributed by atoms with van der Waals surface area (Å²) in [6.45, 7) is 6.28. The van der Waals surface area contributed by atoms with Crippen LogP contribution in [-0.2, 0) is 19.7 Å². The molecule has 1 aliphatic rings. The summed E-state index contributed by atoms with van der Waals surface area (Å²) in [7, 11) is 1.51. The molecule has 0 aromatic heterocycles. The van der Waals surface area contributed by atoms with Gasteiger partial charge in [0.2, 0.25) is 5.91 Å². The Labute approximate surface area is 217 Å². The molecule has 7 nitrogen and oxygen atoms in total. The van der Waals surface area contributed by atoms with Crippen molar-refractivity contribution in [1.29, 1.82) is 0 Å². The molecule has 0 radical (unpaired) electrons. The van der Waals surface area contributed by atoms with Crippen LogP contribution in [0.25, 0.3) is 0 Å². The smallest absolute Gasteiger partial charge is 0.311 e. The van der Waals surface area contributed by atoms with Gasteiger partial charge in [0, 0.05) is 24.2 Å². The minimum Gasteiger partial charge on any atom is -0.497 e.